The van der Waals surface area contributed by atoms with Crippen LogP contribution in [-0.4, -0.2) is 39.1 Å². The second-order valence-corrected chi connectivity index (χ2v) is 6.07. The maximum Gasteiger partial charge on any atom is 0.231 e. The average molecular weight is 373 g/mol. The first-order chi connectivity index (χ1) is 13.8. The van der Waals surface area contributed by atoms with Gasteiger partial charge in [-0.25, -0.2) is 0 Å². The third-order valence-electron chi connectivity index (χ3n) is 4.41. The molecule has 0 N–H and O–H groups in total. The Balaban J connectivity index is 1.50. The van der Waals surface area contributed by atoms with Gasteiger partial charge in [-0.05, 0) is 47.2 Å². The minimum atomic E-state index is 0.242. The Morgan fingerprint density at radius 3 is 2.79 bits per heavy atom. The van der Waals surface area contributed by atoms with E-state index >= 15 is 0 Å². The third kappa shape index (κ3) is 2.81. The van der Waals surface area contributed by atoms with Crippen LogP contribution in [0.4, 0.5) is 0 Å². The van der Waals surface area contributed by atoms with Crippen molar-refractivity contribution in [1.82, 2.24) is 25.2 Å². The summed E-state index contributed by atoms with van der Waals surface area (Å²) in [6.45, 7) is 0.242. The van der Waals surface area contributed by atoms with E-state index in [1.54, 1.807) is 13.3 Å². The molecule has 8 heteroatoms. The van der Waals surface area contributed by atoms with Crippen LogP contribution in [0.2, 0.25) is 0 Å². The predicted octanol–water partition coefficient (Wildman–Crippen LogP) is 3.13. The van der Waals surface area contributed by atoms with Crippen LogP contribution in [0.1, 0.15) is 0 Å². The number of fused-ring (bicyclic) bond motifs is 1. The van der Waals surface area contributed by atoms with E-state index in [4.69, 9.17) is 14.2 Å². The van der Waals surface area contributed by atoms with Crippen molar-refractivity contribution in [1.29, 1.82) is 0 Å². The SMILES string of the molecule is COc1cc(-n2nnc(-c3ccccn3)n2)ccc1-c1ccc2c(c1)OCO2. The highest BCUT2D eigenvalue weighted by Crippen LogP contribution is 2.39. The average Bonchev–Trinajstić information content (AvgIpc) is 3.43. The fourth-order valence-corrected chi connectivity index (χ4v) is 3.03. The lowest BCUT2D eigenvalue weighted by atomic mass is 10.0. The van der Waals surface area contributed by atoms with E-state index in [2.05, 4.69) is 20.4 Å². The highest BCUT2D eigenvalue weighted by Gasteiger charge is 2.16. The smallest absolute Gasteiger partial charge is 0.231 e. The summed E-state index contributed by atoms with van der Waals surface area (Å²) in [5, 5.41) is 12.6. The van der Waals surface area contributed by atoms with Gasteiger partial charge in [0.05, 0.1) is 12.8 Å². The molecule has 8 nitrogen and oxygen atoms in total. The maximum absolute atomic E-state index is 5.60. The molecule has 0 unspecified atom stereocenters. The molecule has 1 aliphatic heterocycles. The van der Waals surface area contributed by atoms with E-state index in [1.807, 2.05) is 54.6 Å². The number of ether oxygens (including phenoxy) is 3. The number of methoxy groups -OCH3 is 1. The largest absolute Gasteiger partial charge is 0.496 e. The van der Waals surface area contributed by atoms with Gasteiger partial charge in [0.2, 0.25) is 12.6 Å². The quantitative estimate of drug-likeness (QED) is 0.543. The molecule has 0 atom stereocenters. The van der Waals surface area contributed by atoms with Crippen molar-refractivity contribution in [3.05, 3.63) is 60.8 Å². The van der Waals surface area contributed by atoms with Crippen LogP contribution in [-0.2, 0) is 0 Å². The van der Waals surface area contributed by atoms with E-state index in [0.717, 1.165) is 28.3 Å². The minimum Gasteiger partial charge on any atom is -0.496 e. The van der Waals surface area contributed by atoms with Gasteiger partial charge in [0.1, 0.15) is 11.4 Å². The molecule has 0 fully saturated rings. The van der Waals surface area contributed by atoms with E-state index in [-0.39, 0.29) is 6.79 Å². The number of nitrogens with zero attached hydrogens (tertiary/aromatic N) is 5. The topological polar surface area (TPSA) is 84.2 Å². The van der Waals surface area contributed by atoms with Crippen molar-refractivity contribution in [2.75, 3.05) is 13.9 Å². The lowest BCUT2D eigenvalue weighted by Gasteiger charge is -2.11. The highest BCUT2D eigenvalue weighted by molar-refractivity contribution is 5.74. The molecule has 0 spiro atoms. The van der Waals surface area contributed by atoms with Gasteiger partial charge >= 0.3 is 0 Å². The van der Waals surface area contributed by atoms with Gasteiger partial charge in [0.15, 0.2) is 11.5 Å². The summed E-state index contributed by atoms with van der Waals surface area (Å²) in [7, 11) is 1.63. The van der Waals surface area contributed by atoms with E-state index in [1.165, 1.54) is 4.80 Å². The number of rotatable bonds is 4. The highest BCUT2D eigenvalue weighted by atomic mass is 16.7. The van der Waals surface area contributed by atoms with E-state index in [0.29, 0.717) is 17.3 Å². The van der Waals surface area contributed by atoms with E-state index in [9.17, 15) is 0 Å². The maximum atomic E-state index is 5.60. The fraction of sp³-hybridized carbons (Fsp3) is 0.100. The molecule has 1 aliphatic rings. The molecule has 0 saturated heterocycles. The number of hydrogen-bond acceptors (Lipinski definition) is 7. The Hall–Kier alpha value is -3.94. The molecule has 0 amide bonds. The first kappa shape index (κ1) is 16.2. The third-order valence-corrected chi connectivity index (χ3v) is 4.41. The predicted molar refractivity (Wildman–Crippen MR) is 100 cm³/mol. The van der Waals surface area contributed by atoms with Gasteiger partial charge in [-0.2, -0.15) is 0 Å². The van der Waals surface area contributed by atoms with Gasteiger partial charge in [0.25, 0.3) is 0 Å². The van der Waals surface area contributed by atoms with Gasteiger partial charge in [-0.1, -0.05) is 12.1 Å². The molecular formula is C20H15N5O3. The monoisotopic (exact) mass is 373 g/mol. The molecular weight excluding hydrogens is 358 g/mol. The van der Waals surface area contributed by atoms with Gasteiger partial charge < -0.3 is 14.2 Å². The van der Waals surface area contributed by atoms with Crippen LogP contribution in [0.15, 0.2) is 60.8 Å². The second-order valence-electron chi connectivity index (χ2n) is 6.07. The van der Waals surface area contributed by atoms with Crippen LogP contribution in [0.25, 0.3) is 28.3 Å². The number of tetrazole rings is 1. The molecule has 0 aliphatic carbocycles. The molecule has 3 heterocycles. The number of pyridine rings is 1. The van der Waals surface area contributed by atoms with Gasteiger partial charge in [-0.15, -0.1) is 15.0 Å². The van der Waals surface area contributed by atoms with Gasteiger partial charge in [0, 0.05) is 17.8 Å². The molecule has 4 aromatic rings. The summed E-state index contributed by atoms with van der Waals surface area (Å²) < 4.78 is 16.4. The van der Waals surface area contributed by atoms with Crippen molar-refractivity contribution >= 4 is 0 Å². The molecule has 2 aromatic heterocycles. The minimum absolute atomic E-state index is 0.242. The lowest BCUT2D eigenvalue weighted by molar-refractivity contribution is 0.174. The van der Waals surface area contributed by atoms with Crippen LogP contribution in [0, 0.1) is 0 Å². The fourth-order valence-electron chi connectivity index (χ4n) is 3.03. The Morgan fingerprint density at radius 2 is 1.93 bits per heavy atom. The summed E-state index contributed by atoms with van der Waals surface area (Å²) in [5.74, 6) is 2.61. The number of benzene rings is 2. The number of hydrogen-bond donors (Lipinski definition) is 0. The first-order valence-electron chi connectivity index (χ1n) is 8.62. The van der Waals surface area contributed by atoms with E-state index < -0.39 is 0 Å². The zero-order chi connectivity index (χ0) is 18.9. The molecule has 0 bridgehead atoms. The molecule has 5 rings (SSSR count). The molecule has 138 valence electrons. The zero-order valence-corrected chi connectivity index (χ0v) is 14.9. The Labute approximate surface area is 160 Å². The number of aromatic nitrogens is 5. The first-order valence-corrected chi connectivity index (χ1v) is 8.62. The molecule has 0 saturated carbocycles. The summed E-state index contributed by atoms with van der Waals surface area (Å²) in [4.78, 5) is 5.70. The molecule has 0 radical (unpaired) electrons. The van der Waals surface area contributed by atoms with Crippen molar-refractivity contribution in [3.63, 3.8) is 0 Å². The zero-order valence-electron chi connectivity index (χ0n) is 14.9. The summed E-state index contributed by atoms with van der Waals surface area (Å²) >= 11 is 0. The Kier molecular flexibility index (Phi) is 3.86. The second kappa shape index (κ2) is 6.66. The summed E-state index contributed by atoms with van der Waals surface area (Å²) in [6, 6.07) is 17.1. The van der Waals surface area contributed by atoms with Crippen LogP contribution >= 0.6 is 0 Å². The Bertz CT molecular complexity index is 1140. The van der Waals surface area contributed by atoms with Gasteiger partial charge in [-0.3, -0.25) is 4.98 Å². The van der Waals surface area contributed by atoms with Crippen molar-refractivity contribution in [2.24, 2.45) is 0 Å². The standard InChI is InChI=1S/C20H15N5O3/c1-26-18-11-14(25-23-20(22-24-25)16-4-2-3-9-21-16)6-7-15(18)13-5-8-17-19(10-13)28-12-27-17/h2-11H,12H2,1H3. The van der Waals surface area contributed by atoms with Crippen LogP contribution in [0.3, 0.4) is 0 Å². The Morgan fingerprint density at radius 1 is 1.00 bits per heavy atom. The van der Waals surface area contributed by atoms with Crippen molar-refractivity contribution < 1.29 is 14.2 Å². The lowest BCUT2D eigenvalue weighted by Crippen LogP contribution is -2.00. The van der Waals surface area contributed by atoms with Crippen LogP contribution in [0.5, 0.6) is 17.2 Å². The molecule has 28 heavy (non-hydrogen) atoms. The molecule has 2 aromatic carbocycles. The normalized spacial score (nSPS) is 12.2. The van der Waals surface area contributed by atoms with Crippen molar-refractivity contribution in [2.45, 2.75) is 0 Å². The summed E-state index contributed by atoms with van der Waals surface area (Å²) in [5.41, 5.74) is 3.29. The van der Waals surface area contributed by atoms with Crippen LogP contribution < -0.4 is 14.2 Å². The van der Waals surface area contributed by atoms with Crippen molar-refractivity contribution in [3.8, 4) is 45.6 Å². The summed E-state index contributed by atoms with van der Waals surface area (Å²) in [6.07, 6.45) is 1.69.